The molecule has 4 rings (SSSR count). The van der Waals surface area contributed by atoms with E-state index in [-0.39, 0.29) is 11.9 Å². The molecule has 2 amide bonds. The first-order chi connectivity index (χ1) is 15.1. The number of fused-ring (bicyclic) bond motifs is 1. The Morgan fingerprint density at radius 3 is 2.74 bits per heavy atom. The number of likely N-dealkylation sites (tertiary alicyclic amines) is 1. The lowest BCUT2D eigenvalue weighted by Gasteiger charge is -2.36. The number of allylic oxidation sites excluding steroid dienone is 3. The minimum Gasteiger partial charge on any atom is -0.371 e. The third kappa shape index (κ3) is 4.97. The molecule has 160 valence electrons. The van der Waals surface area contributed by atoms with E-state index in [1.807, 2.05) is 6.07 Å². The molecule has 0 unspecified atom stereocenters. The van der Waals surface area contributed by atoms with Gasteiger partial charge in [0.15, 0.2) is 0 Å². The van der Waals surface area contributed by atoms with Gasteiger partial charge in [-0.25, -0.2) is 10.5 Å². The maximum atomic E-state index is 12.7. The van der Waals surface area contributed by atoms with E-state index in [1.165, 1.54) is 6.08 Å². The van der Waals surface area contributed by atoms with Crippen molar-refractivity contribution in [3.8, 4) is 0 Å². The van der Waals surface area contributed by atoms with E-state index in [0.717, 1.165) is 60.9 Å². The number of nitrogens with one attached hydrogen (secondary N) is 2. The highest BCUT2D eigenvalue weighted by atomic mass is 16.5. The molecule has 2 aromatic heterocycles. The van der Waals surface area contributed by atoms with E-state index < -0.39 is 5.91 Å². The first-order valence-corrected chi connectivity index (χ1v) is 10.4. The summed E-state index contributed by atoms with van der Waals surface area (Å²) in [6, 6.07) is 5.48. The standard InChI is InChI=1S/C23H25N5O3/c29-22(27-31)8-6-16-3-1-2-4-21(16)28-13-10-18(11-14-28)25-23(30)20-7-5-17-15-24-12-9-19(17)26-20/h3-9,12,15,18,31H,1-2,10-11,13-14H2,(H,25,30)(H,27,29)/b8-6+. The van der Waals surface area contributed by atoms with E-state index in [1.54, 1.807) is 36.1 Å². The average Bonchev–Trinajstić information content (AvgIpc) is 2.83. The zero-order chi connectivity index (χ0) is 21.6. The normalized spacial score (nSPS) is 17.4. The third-order valence-electron chi connectivity index (χ3n) is 5.58. The van der Waals surface area contributed by atoms with Gasteiger partial charge < -0.3 is 10.2 Å². The van der Waals surface area contributed by atoms with E-state index in [2.05, 4.69) is 32.3 Å². The van der Waals surface area contributed by atoms with Crippen LogP contribution in [0.2, 0.25) is 0 Å². The molecule has 0 aromatic carbocycles. The Labute approximate surface area is 180 Å². The van der Waals surface area contributed by atoms with Crippen LogP contribution < -0.4 is 10.8 Å². The van der Waals surface area contributed by atoms with Crippen LogP contribution in [0.3, 0.4) is 0 Å². The van der Waals surface area contributed by atoms with Gasteiger partial charge in [0, 0.05) is 48.7 Å². The molecular formula is C23H25N5O3. The summed E-state index contributed by atoms with van der Waals surface area (Å²) >= 11 is 0. The molecule has 3 heterocycles. The summed E-state index contributed by atoms with van der Waals surface area (Å²) in [5, 5.41) is 12.7. The number of hydroxylamine groups is 1. The Morgan fingerprint density at radius 1 is 1.13 bits per heavy atom. The maximum absolute atomic E-state index is 12.7. The highest BCUT2D eigenvalue weighted by Gasteiger charge is 2.24. The average molecular weight is 419 g/mol. The monoisotopic (exact) mass is 419 g/mol. The summed E-state index contributed by atoms with van der Waals surface area (Å²) in [6.45, 7) is 1.62. The fourth-order valence-electron chi connectivity index (χ4n) is 3.96. The molecule has 0 bridgehead atoms. The number of aromatic nitrogens is 2. The summed E-state index contributed by atoms with van der Waals surface area (Å²) in [4.78, 5) is 34.8. The van der Waals surface area contributed by atoms with Crippen LogP contribution >= 0.6 is 0 Å². The molecule has 2 aromatic rings. The second-order valence-corrected chi connectivity index (χ2v) is 7.64. The second-order valence-electron chi connectivity index (χ2n) is 7.64. The van der Waals surface area contributed by atoms with Crippen LogP contribution in [0.1, 0.15) is 36.2 Å². The van der Waals surface area contributed by atoms with Gasteiger partial charge in [0.2, 0.25) is 0 Å². The Morgan fingerprint density at radius 2 is 1.94 bits per heavy atom. The Hall–Kier alpha value is -3.52. The van der Waals surface area contributed by atoms with Crippen LogP contribution in [-0.2, 0) is 4.79 Å². The van der Waals surface area contributed by atoms with Crippen molar-refractivity contribution < 1.29 is 14.8 Å². The van der Waals surface area contributed by atoms with Crippen LogP contribution in [0.25, 0.3) is 10.9 Å². The molecule has 3 N–H and O–H groups in total. The van der Waals surface area contributed by atoms with Crippen molar-refractivity contribution in [3.05, 3.63) is 71.9 Å². The molecule has 2 aliphatic rings. The summed E-state index contributed by atoms with van der Waals surface area (Å²) in [5.74, 6) is -0.710. The molecule has 0 atom stereocenters. The predicted octanol–water partition coefficient (Wildman–Crippen LogP) is 2.49. The minimum absolute atomic E-state index is 0.0889. The quantitative estimate of drug-likeness (QED) is 0.390. The van der Waals surface area contributed by atoms with E-state index in [9.17, 15) is 9.59 Å². The van der Waals surface area contributed by atoms with Crippen molar-refractivity contribution in [2.75, 3.05) is 13.1 Å². The number of piperidine rings is 1. The Balaban J connectivity index is 1.35. The van der Waals surface area contributed by atoms with Gasteiger partial charge in [-0.05, 0) is 55.5 Å². The fraction of sp³-hybridized carbons (Fsp3) is 0.304. The molecular weight excluding hydrogens is 394 g/mol. The van der Waals surface area contributed by atoms with Crippen LogP contribution in [-0.4, -0.2) is 51.0 Å². The number of nitrogens with zero attached hydrogens (tertiary/aromatic N) is 3. The third-order valence-corrected chi connectivity index (χ3v) is 5.58. The smallest absolute Gasteiger partial charge is 0.270 e. The van der Waals surface area contributed by atoms with Gasteiger partial charge >= 0.3 is 0 Å². The fourth-order valence-corrected chi connectivity index (χ4v) is 3.96. The number of rotatable bonds is 5. The Kier molecular flexibility index (Phi) is 6.37. The van der Waals surface area contributed by atoms with Gasteiger partial charge in [0.05, 0.1) is 5.52 Å². The highest BCUT2D eigenvalue weighted by Crippen LogP contribution is 2.26. The lowest BCUT2D eigenvalue weighted by Crippen LogP contribution is -2.44. The molecule has 31 heavy (non-hydrogen) atoms. The summed E-state index contributed by atoms with van der Waals surface area (Å²) in [5.41, 5.74) is 4.85. The molecule has 1 fully saturated rings. The van der Waals surface area contributed by atoms with Gasteiger partial charge in [-0.2, -0.15) is 0 Å². The van der Waals surface area contributed by atoms with Gasteiger partial charge in [0.1, 0.15) is 5.69 Å². The van der Waals surface area contributed by atoms with E-state index in [4.69, 9.17) is 5.21 Å². The molecule has 8 nitrogen and oxygen atoms in total. The van der Waals surface area contributed by atoms with Crippen molar-refractivity contribution in [1.82, 2.24) is 25.7 Å². The molecule has 0 radical (unpaired) electrons. The summed E-state index contributed by atoms with van der Waals surface area (Å²) in [7, 11) is 0. The van der Waals surface area contributed by atoms with Crippen molar-refractivity contribution in [2.24, 2.45) is 0 Å². The van der Waals surface area contributed by atoms with Gasteiger partial charge in [-0.1, -0.05) is 12.2 Å². The van der Waals surface area contributed by atoms with E-state index >= 15 is 0 Å². The van der Waals surface area contributed by atoms with Gasteiger partial charge in [-0.3, -0.25) is 19.8 Å². The number of carbonyl (C=O) groups excluding carboxylic acids is 2. The maximum Gasteiger partial charge on any atom is 0.270 e. The SMILES string of the molecule is O=C(/C=C/C1=CCCC=C1N1CCC(NC(=O)c2ccc3cnccc3n2)CC1)NO. The van der Waals surface area contributed by atoms with Crippen LogP contribution in [0.4, 0.5) is 0 Å². The van der Waals surface area contributed by atoms with Crippen molar-refractivity contribution in [1.29, 1.82) is 0 Å². The minimum atomic E-state index is -0.550. The number of carbonyl (C=O) groups is 2. The first kappa shape index (κ1) is 20.7. The van der Waals surface area contributed by atoms with Crippen LogP contribution in [0.15, 0.2) is 66.2 Å². The number of hydrogen-bond acceptors (Lipinski definition) is 6. The number of hydrogen-bond donors (Lipinski definition) is 3. The molecule has 1 aliphatic heterocycles. The Bertz CT molecular complexity index is 1070. The van der Waals surface area contributed by atoms with Crippen molar-refractivity contribution in [2.45, 2.75) is 31.7 Å². The van der Waals surface area contributed by atoms with Crippen LogP contribution in [0.5, 0.6) is 0 Å². The van der Waals surface area contributed by atoms with E-state index in [0.29, 0.717) is 5.69 Å². The molecule has 0 saturated carbocycles. The van der Waals surface area contributed by atoms with Crippen molar-refractivity contribution >= 4 is 22.7 Å². The molecule has 8 heteroatoms. The summed E-state index contributed by atoms with van der Waals surface area (Å²) < 4.78 is 0. The number of pyridine rings is 2. The highest BCUT2D eigenvalue weighted by molar-refractivity contribution is 5.94. The van der Waals surface area contributed by atoms with Gasteiger partial charge in [-0.15, -0.1) is 0 Å². The first-order valence-electron chi connectivity index (χ1n) is 10.4. The zero-order valence-corrected chi connectivity index (χ0v) is 17.1. The zero-order valence-electron chi connectivity index (χ0n) is 17.1. The topological polar surface area (TPSA) is 107 Å². The number of amides is 2. The lowest BCUT2D eigenvalue weighted by atomic mass is 9.97. The van der Waals surface area contributed by atoms with Gasteiger partial charge in [0.25, 0.3) is 11.8 Å². The second kappa shape index (κ2) is 9.53. The predicted molar refractivity (Wildman–Crippen MR) is 116 cm³/mol. The lowest BCUT2D eigenvalue weighted by molar-refractivity contribution is -0.124. The van der Waals surface area contributed by atoms with Crippen molar-refractivity contribution in [3.63, 3.8) is 0 Å². The largest absolute Gasteiger partial charge is 0.371 e. The van der Waals surface area contributed by atoms with Crippen LogP contribution in [0, 0.1) is 0 Å². The molecule has 1 saturated heterocycles. The molecule has 1 aliphatic carbocycles. The summed E-state index contributed by atoms with van der Waals surface area (Å²) in [6.07, 6.45) is 14.3. The molecule has 0 spiro atoms.